The van der Waals surface area contributed by atoms with E-state index in [0.717, 1.165) is 18.2 Å². The number of hydrogen-bond acceptors (Lipinski definition) is 4. The molecule has 3 N–H and O–H groups in total. The van der Waals surface area contributed by atoms with Crippen LogP contribution < -0.4 is 5.73 Å². The maximum Gasteiger partial charge on any atom is 0.322 e. The number of ether oxygens (including phenoxy) is 1. The molecule has 5 nitrogen and oxygen atoms in total. The first-order valence-corrected chi connectivity index (χ1v) is 6.66. The number of aliphatic carboxylic acids is 1. The highest BCUT2D eigenvalue weighted by atomic mass is 19.1. The molecule has 0 aliphatic rings. The van der Waals surface area contributed by atoms with Crippen LogP contribution in [-0.2, 0) is 20.7 Å². The molecule has 0 saturated heterocycles. The zero-order chi connectivity index (χ0) is 17.1. The van der Waals surface area contributed by atoms with Crippen LogP contribution in [-0.4, -0.2) is 28.7 Å². The molecule has 122 valence electrons. The van der Waals surface area contributed by atoms with Crippen molar-refractivity contribution in [2.24, 2.45) is 11.7 Å². The number of halogens is 2. The Morgan fingerprint density at radius 1 is 1.32 bits per heavy atom. The fourth-order valence-electron chi connectivity index (χ4n) is 1.90. The van der Waals surface area contributed by atoms with E-state index in [1.165, 1.54) is 0 Å². The molecule has 1 rings (SSSR count). The van der Waals surface area contributed by atoms with Crippen LogP contribution in [0.2, 0.25) is 0 Å². The molecule has 0 amide bonds. The highest BCUT2D eigenvalue weighted by molar-refractivity contribution is 5.95. The molecule has 1 unspecified atom stereocenters. The van der Waals surface area contributed by atoms with Crippen molar-refractivity contribution in [1.29, 1.82) is 0 Å². The number of benzene rings is 1. The third-order valence-corrected chi connectivity index (χ3v) is 2.82. The lowest BCUT2D eigenvalue weighted by atomic mass is 9.93. The minimum atomic E-state index is -1.66. The van der Waals surface area contributed by atoms with E-state index in [4.69, 9.17) is 15.6 Å². The number of carboxylic acids is 1. The molecule has 0 aromatic heterocycles. The summed E-state index contributed by atoms with van der Waals surface area (Å²) in [5, 5.41) is 9.16. The fourth-order valence-corrected chi connectivity index (χ4v) is 1.90. The van der Waals surface area contributed by atoms with E-state index in [1.807, 2.05) is 0 Å². The summed E-state index contributed by atoms with van der Waals surface area (Å²) in [5.74, 6) is -5.54. The van der Waals surface area contributed by atoms with Crippen molar-refractivity contribution in [2.45, 2.75) is 38.8 Å². The summed E-state index contributed by atoms with van der Waals surface area (Å²) in [6.45, 7) is 4.75. The fraction of sp³-hybridized carbons (Fsp3) is 0.467. The van der Waals surface area contributed by atoms with E-state index < -0.39 is 41.1 Å². The largest absolute Gasteiger partial charge is 0.481 e. The van der Waals surface area contributed by atoms with Gasteiger partial charge in [-0.2, -0.15) is 0 Å². The van der Waals surface area contributed by atoms with Crippen LogP contribution >= 0.6 is 0 Å². The second kappa shape index (κ2) is 6.83. The third kappa shape index (κ3) is 5.07. The SMILES string of the molecule is CC(C)(C)OC(=O)[C@@H](C(=O)O)C(N)Cc1cc(F)ccc1F. The van der Waals surface area contributed by atoms with Crippen molar-refractivity contribution >= 4 is 11.9 Å². The number of esters is 1. The van der Waals surface area contributed by atoms with Crippen molar-refractivity contribution in [3.05, 3.63) is 35.4 Å². The zero-order valence-corrected chi connectivity index (χ0v) is 12.6. The van der Waals surface area contributed by atoms with Gasteiger partial charge in [0.25, 0.3) is 0 Å². The van der Waals surface area contributed by atoms with Gasteiger partial charge in [-0.25, -0.2) is 8.78 Å². The molecular weight excluding hydrogens is 296 g/mol. The smallest absolute Gasteiger partial charge is 0.322 e. The van der Waals surface area contributed by atoms with Crippen LogP contribution in [0.15, 0.2) is 18.2 Å². The van der Waals surface area contributed by atoms with E-state index in [-0.39, 0.29) is 12.0 Å². The zero-order valence-electron chi connectivity index (χ0n) is 12.6. The summed E-state index contributed by atoms with van der Waals surface area (Å²) in [6.07, 6.45) is -0.306. The minimum Gasteiger partial charge on any atom is -0.481 e. The van der Waals surface area contributed by atoms with Crippen molar-refractivity contribution < 1.29 is 28.2 Å². The van der Waals surface area contributed by atoms with Crippen LogP contribution in [0, 0.1) is 17.6 Å². The topological polar surface area (TPSA) is 89.6 Å². The van der Waals surface area contributed by atoms with Crippen LogP contribution in [0.25, 0.3) is 0 Å². The van der Waals surface area contributed by atoms with Gasteiger partial charge in [0, 0.05) is 6.04 Å². The Kier molecular flexibility index (Phi) is 5.59. The van der Waals surface area contributed by atoms with Crippen molar-refractivity contribution in [2.75, 3.05) is 0 Å². The number of nitrogens with two attached hydrogens (primary N) is 1. The van der Waals surface area contributed by atoms with Gasteiger partial charge in [0.1, 0.15) is 17.2 Å². The molecule has 0 spiro atoms. The molecule has 0 heterocycles. The number of carbonyl (C=O) groups is 2. The summed E-state index contributed by atoms with van der Waals surface area (Å²) in [4.78, 5) is 23.2. The third-order valence-electron chi connectivity index (χ3n) is 2.82. The summed E-state index contributed by atoms with van der Waals surface area (Å²) in [6, 6.07) is 1.53. The summed E-state index contributed by atoms with van der Waals surface area (Å²) >= 11 is 0. The van der Waals surface area contributed by atoms with E-state index in [1.54, 1.807) is 20.8 Å². The van der Waals surface area contributed by atoms with Crippen LogP contribution in [0.3, 0.4) is 0 Å². The molecule has 0 radical (unpaired) electrons. The summed E-state index contributed by atoms with van der Waals surface area (Å²) < 4.78 is 31.7. The number of carbonyl (C=O) groups excluding carboxylic acids is 1. The van der Waals surface area contributed by atoms with Gasteiger partial charge in [0.05, 0.1) is 0 Å². The monoisotopic (exact) mass is 315 g/mol. The Bertz CT molecular complexity index is 569. The standard InChI is InChI=1S/C15H19F2NO4/c1-15(2,3)22-14(21)12(13(19)20)11(18)7-8-6-9(16)4-5-10(8)17/h4-6,11-12H,7,18H2,1-3H3,(H,19,20)/t11?,12-/m1/s1. The predicted molar refractivity (Wildman–Crippen MR) is 75.0 cm³/mol. The molecule has 0 fully saturated rings. The molecule has 1 aromatic rings. The quantitative estimate of drug-likeness (QED) is 0.639. The van der Waals surface area contributed by atoms with Crippen molar-refractivity contribution in [1.82, 2.24) is 0 Å². The maximum atomic E-state index is 13.6. The van der Waals surface area contributed by atoms with Crippen LogP contribution in [0.4, 0.5) is 8.78 Å². The molecule has 0 aliphatic heterocycles. The normalized spacial score (nSPS) is 14.3. The second-order valence-corrected chi connectivity index (χ2v) is 5.95. The van der Waals surface area contributed by atoms with Gasteiger partial charge in [0.2, 0.25) is 0 Å². The van der Waals surface area contributed by atoms with Crippen LogP contribution in [0.5, 0.6) is 0 Å². The van der Waals surface area contributed by atoms with E-state index in [0.29, 0.717) is 0 Å². The summed E-state index contributed by atoms with van der Waals surface area (Å²) in [7, 11) is 0. The molecular formula is C15H19F2NO4. The van der Waals surface area contributed by atoms with Gasteiger partial charge in [-0.1, -0.05) is 0 Å². The van der Waals surface area contributed by atoms with Crippen molar-refractivity contribution in [3.63, 3.8) is 0 Å². The van der Waals surface area contributed by atoms with Gasteiger partial charge in [0.15, 0.2) is 5.92 Å². The minimum absolute atomic E-state index is 0.0951. The molecule has 0 bridgehead atoms. The number of hydrogen-bond donors (Lipinski definition) is 2. The van der Waals surface area contributed by atoms with Crippen LogP contribution in [0.1, 0.15) is 26.3 Å². The average Bonchev–Trinajstić information content (AvgIpc) is 2.31. The number of rotatable bonds is 5. The van der Waals surface area contributed by atoms with Gasteiger partial charge in [-0.05, 0) is 51.0 Å². The number of carboxylic acid groups (broad SMARTS) is 1. The van der Waals surface area contributed by atoms with Crippen molar-refractivity contribution in [3.8, 4) is 0 Å². The summed E-state index contributed by atoms with van der Waals surface area (Å²) in [5.41, 5.74) is 4.74. The van der Waals surface area contributed by atoms with Gasteiger partial charge in [-0.15, -0.1) is 0 Å². The Morgan fingerprint density at radius 2 is 1.91 bits per heavy atom. The molecule has 22 heavy (non-hydrogen) atoms. The van der Waals surface area contributed by atoms with Gasteiger partial charge < -0.3 is 15.6 Å². The van der Waals surface area contributed by atoms with Gasteiger partial charge >= 0.3 is 11.9 Å². The van der Waals surface area contributed by atoms with Gasteiger partial charge in [-0.3, -0.25) is 9.59 Å². The van der Waals surface area contributed by atoms with E-state index in [2.05, 4.69) is 0 Å². The lowest BCUT2D eigenvalue weighted by molar-refractivity contribution is -0.167. The highest BCUT2D eigenvalue weighted by Crippen LogP contribution is 2.18. The lowest BCUT2D eigenvalue weighted by Crippen LogP contribution is -2.45. The average molecular weight is 315 g/mol. The first kappa shape index (κ1) is 18.0. The Hall–Kier alpha value is -2.02. The first-order chi connectivity index (χ1) is 10.0. The highest BCUT2D eigenvalue weighted by Gasteiger charge is 2.36. The van der Waals surface area contributed by atoms with E-state index >= 15 is 0 Å². The Balaban J connectivity index is 2.94. The first-order valence-electron chi connectivity index (χ1n) is 6.66. The molecule has 7 heteroatoms. The Labute approximate surface area is 127 Å². The lowest BCUT2D eigenvalue weighted by Gasteiger charge is -2.25. The molecule has 0 saturated carbocycles. The Morgan fingerprint density at radius 3 is 2.41 bits per heavy atom. The molecule has 0 aliphatic carbocycles. The molecule has 2 atom stereocenters. The molecule has 1 aromatic carbocycles. The maximum absolute atomic E-state index is 13.6. The predicted octanol–water partition coefficient (Wildman–Crippen LogP) is 1.88. The van der Waals surface area contributed by atoms with E-state index in [9.17, 15) is 18.4 Å². The second-order valence-electron chi connectivity index (χ2n) is 5.95.